The number of nitrogens with one attached hydrogen (secondary N) is 1. The van der Waals surface area contributed by atoms with Crippen molar-refractivity contribution >= 4 is 35.5 Å². The molecule has 1 unspecified atom stereocenters. The number of β-lactam (4-membered cyclic amide) rings is 1. The van der Waals surface area contributed by atoms with Crippen molar-refractivity contribution in [2.75, 3.05) is 12.5 Å². The minimum atomic E-state index is -0.786. The van der Waals surface area contributed by atoms with Crippen LogP contribution in [0.15, 0.2) is 36.0 Å². The van der Waals surface area contributed by atoms with Crippen molar-refractivity contribution in [2.45, 2.75) is 32.2 Å². The van der Waals surface area contributed by atoms with Crippen molar-refractivity contribution in [1.82, 2.24) is 10.2 Å². The molecule has 30 heavy (non-hydrogen) atoms. The van der Waals surface area contributed by atoms with Crippen LogP contribution in [-0.2, 0) is 23.9 Å². The van der Waals surface area contributed by atoms with Gasteiger partial charge in [0.1, 0.15) is 22.9 Å². The lowest BCUT2D eigenvalue weighted by Gasteiger charge is -2.48. The molecule has 2 atom stereocenters. The van der Waals surface area contributed by atoms with Crippen molar-refractivity contribution in [3.63, 3.8) is 0 Å². The molecule has 0 aromatic heterocycles. The summed E-state index contributed by atoms with van der Waals surface area (Å²) in [6, 6.07) is 4.86. The minimum Gasteiger partial charge on any atom is -0.508 e. The number of ether oxygens (including phenoxy) is 2. The molecule has 0 aliphatic carbocycles. The summed E-state index contributed by atoms with van der Waals surface area (Å²) in [5, 5.41) is 11.5. The van der Waals surface area contributed by atoms with Crippen molar-refractivity contribution < 1.29 is 33.8 Å². The third-order valence-corrected chi connectivity index (χ3v) is 5.65. The van der Waals surface area contributed by atoms with E-state index in [4.69, 9.17) is 9.47 Å². The molecule has 0 saturated carbocycles. The summed E-state index contributed by atoms with van der Waals surface area (Å²) in [5.41, 5.74) is -0.365. The Bertz CT molecular complexity index is 905. The van der Waals surface area contributed by atoms with Crippen LogP contribution in [0.4, 0.5) is 0 Å². The fourth-order valence-corrected chi connectivity index (χ4v) is 3.99. The first-order valence-corrected chi connectivity index (χ1v) is 10.2. The highest BCUT2D eigenvalue weighted by Gasteiger charge is 2.53. The van der Waals surface area contributed by atoms with Crippen LogP contribution in [0.2, 0.25) is 0 Å². The van der Waals surface area contributed by atoms with Crippen LogP contribution in [0.3, 0.4) is 0 Å². The molecule has 0 bridgehead atoms. The Balaban J connectivity index is 1.57. The number of fused-ring (bicyclic) bond motifs is 1. The van der Waals surface area contributed by atoms with Gasteiger partial charge in [0, 0.05) is 11.3 Å². The van der Waals surface area contributed by atoms with Gasteiger partial charge in [-0.3, -0.25) is 19.3 Å². The smallest absolute Gasteiger partial charge is 0.357 e. The molecular weight excluding hydrogens is 412 g/mol. The van der Waals surface area contributed by atoms with Crippen molar-refractivity contribution in [1.29, 1.82) is 0 Å². The zero-order chi connectivity index (χ0) is 22.1. The van der Waals surface area contributed by atoms with Crippen molar-refractivity contribution in [2.24, 2.45) is 5.41 Å². The Morgan fingerprint density at radius 3 is 2.50 bits per heavy atom. The summed E-state index contributed by atoms with van der Waals surface area (Å²) in [6.07, 6.45) is 1.56. The molecule has 2 N–H and O–H groups in total. The van der Waals surface area contributed by atoms with Crippen molar-refractivity contribution in [3.05, 3.63) is 41.6 Å². The van der Waals surface area contributed by atoms with Gasteiger partial charge >= 0.3 is 11.9 Å². The standard InChI is InChI=1S/C20H22N2O7S/c1-20(2,3)19(27)29-10-28-18(26)13-8-9-30-17-14(16(25)22(13)17)21-15(24)11-4-6-12(23)7-5-11/h4-8,14,17,23H,9-10H2,1-3H3,(H,21,24)/t14?,17-/m1/s1. The molecule has 10 heteroatoms. The van der Waals surface area contributed by atoms with E-state index in [0.717, 1.165) is 0 Å². The normalized spacial score (nSPS) is 20.4. The quantitative estimate of drug-likeness (QED) is 0.405. The Labute approximate surface area is 177 Å². The highest BCUT2D eigenvalue weighted by Crippen LogP contribution is 2.38. The molecule has 9 nitrogen and oxygen atoms in total. The first kappa shape index (κ1) is 21.7. The molecule has 0 radical (unpaired) electrons. The molecule has 2 amide bonds. The second kappa shape index (κ2) is 8.39. The van der Waals surface area contributed by atoms with E-state index in [1.54, 1.807) is 26.8 Å². The maximum Gasteiger partial charge on any atom is 0.357 e. The van der Waals surface area contributed by atoms with Crippen LogP contribution in [0.5, 0.6) is 5.75 Å². The maximum atomic E-state index is 12.6. The number of hydrogen-bond donors (Lipinski definition) is 2. The summed E-state index contributed by atoms with van der Waals surface area (Å²) in [4.78, 5) is 50.3. The third kappa shape index (κ3) is 4.43. The lowest BCUT2D eigenvalue weighted by molar-refractivity contribution is -0.173. The fourth-order valence-electron chi connectivity index (χ4n) is 2.79. The summed E-state index contributed by atoms with van der Waals surface area (Å²) in [5.74, 6) is -1.71. The number of carbonyl (C=O) groups excluding carboxylic acids is 4. The van der Waals surface area contributed by atoms with E-state index in [1.807, 2.05) is 0 Å². The fraction of sp³-hybridized carbons (Fsp3) is 0.400. The van der Waals surface area contributed by atoms with Gasteiger partial charge in [-0.1, -0.05) is 0 Å². The van der Waals surface area contributed by atoms with Gasteiger partial charge in [0.05, 0.1) is 5.41 Å². The monoisotopic (exact) mass is 434 g/mol. The van der Waals surface area contributed by atoms with Crippen LogP contribution in [-0.4, -0.2) is 57.7 Å². The number of carbonyl (C=O) groups is 4. The van der Waals surface area contributed by atoms with E-state index in [9.17, 15) is 24.3 Å². The molecule has 1 saturated heterocycles. The number of esters is 2. The Morgan fingerprint density at radius 1 is 1.20 bits per heavy atom. The second-order valence-corrected chi connectivity index (χ2v) is 8.90. The summed E-state index contributed by atoms with van der Waals surface area (Å²) >= 11 is 1.40. The number of rotatable bonds is 5. The predicted molar refractivity (Wildman–Crippen MR) is 107 cm³/mol. The van der Waals surface area contributed by atoms with Crippen molar-refractivity contribution in [3.8, 4) is 5.75 Å². The number of nitrogens with zero attached hydrogens (tertiary/aromatic N) is 1. The van der Waals surface area contributed by atoms with Crippen LogP contribution >= 0.6 is 11.8 Å². The highest BCUT2D eigenvalue weighted by molar-refractivity contribution is 8.00. The first-order chi connectivity index (χ1) is 14.1. The third-order valence-electron chi connectivity index (χ3n) is 4.46. The van der Waals surface area contributed by atoms with Crippen LogP contribution in [0.25, 0.3) is 0 Å². The van der Waals surface area contributed by atoms with Gasteiger partial charge in [-0.2, -0.15) is 0 Å². The molecule has 1 aromatic rings. The number of phenolic OH excluding ortho intramolecular Hbond substituents is 1. The highest BCUT2D eigenvalue weighted by atomic mass is 32.2. The molecule has 1 aromatic carbocycles. The molecule has 1 fully saturated rings. The first-order valence-electron chi connectivity index (χ1n) is 9.18. The minimum absolute atomic E-state index is 0.0294. The molecule has 3 rings (SSSR count). The number of aromatic hydroxyl groups is 1. The van der Waals surface area contributed by atoms with E-state index in [-0.39, 0.29) is 11.4 Å². The van der Waals surface area contributed by atoms with E-state index in [0.29, 0.717) is 11.3 Å². The Kier molecular flexibility index (Phi) is 6.06. The van der Waals surface area contributed by atoms with Gasteiger partial charge in [-0.15, -0.1) is 11.8 Å². The number of benzene rings is 1. The van der Waals surface area contributed by atoms with Crippen LogP contribution < -0.4 is 5.32 Å². The van der Waals surface area contributed by atoms with Gasteiger partial charge < -0.3 is 19.9 Å². The van der Waals surface area contributed by atoms with Gasteiger partial charge in [-0.05, 0) is 51.1 Å². The molecule has 0 spiro atoms. The topological polar surface area (TPSA) is 122 Å². The lowest BCUT2D eigenvalue weighted by Crippen LogP contribution is -2.70. The van der Waals surface area contributed by atoms with Gasteiger partial charge in [0.15, 0.2) is 0 Å². The van der Waals surface area contributed by atoms with Crippen LogP contribution in [0, 0.1) is 5.41 Å². The predicted octanol–water partition coefficient (Wildman–Crippen LogP) is 1.38. The summed E-state index contributed by atoms with van der Waals surface area (Å²) < 4.78 is 9.89. The van der Waals surface area contributed by atoms with Gasteiger partial charge in [0.2, 0.25) is 6.79 Å². The maximum absolute atomic E-state index is 12.6. The van der Waals surface area contributed by atoms with E-state index in [1.165, 1.54) is 40.9 Å². The van der Waals surface area contributed by atoms with Gasteiger partial charge in [0.25, 0.3) is 11.8 Å². The van der Waals surface area contributed by atoms with E-state index in [2.05, 4.69) is 5.32 Å². The van der Waals surface area contributed by atoms with Gasteiger partial charge in [-0.25, -0.2) is 4.79 Å². The Morgan fingerprint density at radius 2 is 1.87 bits per heavy atom. The number of thioether (sulfide) groups is 1. The Hall–Kier alpha value is -3.01. The SMILES string of the molecule is CC(C)(C)C(=O)OCOC(=O)C1=CCS[C@@H]2C(NC(=O)c3ccc(O)cc3)C(=O)N12. The molecule has 160 valence electrons. The molecule has 2 aliphatic rings. The lowest BCUT2D eigenvalue weighted by atomic mass is 9.98. The molecule has 2 aliphatic heterocycles. The van der Waals surface area contributed by atoms with E-state index >= 15 is 0 Å². The molecular formula is C20H22N2O7S. The zero-order valence-electron chi connectivity index (χ0n) is 16.7. The molecule has 2 heterocycles. The average Bonchev–Trinajstić information content (AvgIpc) is 2.70. The van der Waals surface area contributed by atoms with Crippen LogP contribution in [0.1, 0.15) is 31.1 Å². The summed E-state index contributed by atoms with van der Waals surface area (Å²) in [6.45, 7) is 4.48. The average molecular weight is 434 g/mol. The number of phenols is 1. The number of amides is 2. The summed E-state index contributed by atoms with van der Waals surface area (Å²) in [7, 11) is 0. The second-order valence-electron chi connectivity index (χ2n) is 7.75. The van der Waals surface area contributed by atoms with E-state index < -0.39 is 47.4 Å². The largest absolute Gasteiger partial charge is 0.508 e. The number of hydrogen-bond acceptors (Lipinski definition) is 8. The zero-order valence-corrected chi connectivity index (χ0v) is 17.5.